The highest BCUT2D eigenvalue weighted by molar-refractivity contribution is 9.10. The van der Waals surface area contributed by atoms with E-state index in [0.29, 0.717) is 15.8 Å². The van der Waals surface area contributed by atoms with E-state index in [-0.39, 0.29) is 6.04 Å². The summed E-state index contributed by atoms with van der Waals surface area (Å²) in [5.74, 6) is 1.43. The molecule has 1 atom stereocenters. The molecule has 0 bridgehead atoms. The van der Waals surface area contributed by atoms with Crippen LogP contribution in [-0.4, -0.2) is 14.2 Å². The third kappa shape index (κ3) is 3.23. The molecule has 1 unspecified atom stereocenters. The van der Waals surface area contributed by atoms with Crippen LogP contribution in [0.25, 0.3) is 0 Å². The molecule has 2 rings (SSSR count). The van der Waals surface area contributed by atoms with Crippen molar-refractivity contribution in [3.63, 3.8) is 0 Å². The lowest BCUT2D eigenvalue weighted by Crippen LogP contribution is -2.10. The van der Waals surface area contributed by atoms with Gasteiger partial charge in [-0.1, -0.05) is 11.6 Å². The van der Waals surface area contributed by atoms with E-state index in [1.165, 1.54) is 11.3 Å². The first-order valence-electron chi connectivity index (χ1n) is 5.48. The van der Waals surface area contributed by atoms with Gasteiger partial charge in [-0.05, 0) is 39.7 Å². The lowest BCUT2D eigenvalue weighted by Gasteiger charge is -2.13. The second-order valence-corrected chi connectivity index (χ2v) is 6.43. The van der Waals surface area contributed by atoms with Crippen LogP contribution in [-0.2, 0) is 0 Å². The SMILES string of the molecule is COc1cc(OC)cc(C(N)c2cc(Br)c(Cl)s2)c1. The number of ether oxygens (including phenoxy) is 2. The Morgan fingerprint density at radius 2 is 1.74 bits per heavy atom. The molecule has 2 aromatic rings. The van der Waals surface area contributed by atoms with Crippen molar-refractivity contribution >= 4 is 38.9 Å². The minimum atomic E-state index is -0.266. The molecule has 19 heavy (non-hydrogen) atoms. The van der Waals surface area contributed by atoms with Crippen molar-refractivity contribution in [3.8, 4) is 11.5 Å². The molecule has 0 saturated carbocycles. The van der Waals surface area contributed by atoms with Crippen molar-refractivity contribution in [2.24, 2.45) is 5.73 Å². The highest BCUT2D eigenvalue weighted by atomic mass is 79.9. The van der Waals surface area contributed by atoms with E-state index in [9.17, 15) is 0 Å². The molecule has 0 aliphatic carbocycles. The predicted molar refractivity (Wildman–Crippen MR) is 82.6 cm³/mol. The first-order valence-corrected chi connectivity index (χ1v) is 7.47. The molecule has 0 saturated heterocycles. The third-order valence-corrected chi connectivity index (χ3v) is 5.26. The van der Waals surface area contributed by atoms with E-state index in [1.54, 1.807) is 14.2 Å². The van der Waals surface area contributed by atoms with E-state index >= 15 is 0 Å². The fourth-order valence-electron chi connectivity index (χ4n) is 1.69. The average molecular weight is 363 g/mol. The Balaban J connectivity index is 2.39. The number of hydrogen-bond donors (Lipinski definition) is 1. The highest BCUT2D eigenvalue weighted by Gasteiger charge is 2.16. The first-order chi connectivity index (χ1) is 9.05. The van der Waals surface area contributed by atoms with Gasteiger partial charge >= 0.3 is 0 Å². The summed E-state index contributed by atoms with van der Waals surface area (Å²) in [6.45, 7) is 0. The van der Waals surface area contributed by atoms with Gasteiger partial charge in [0, 0.05) is 15.4 Å². The second-order valence-electron chi connectivity index (χ2n) is 3.89. The van der Waals surface area contributed by atoms with E-state index in [4.69, 9.17) is 26.8 Å². The molecule has 0 radical (unpaired) electrons. The Morgan fingerprint density at radius 3 is 2.16 bits per heavy atom. The van der Waals surface area contributed by atoms with Crippen LogP contribution in [0, 0.1) is 0 Å². The Labute approximate surface area is 129 Å². The number of hydrogen-bond acceptors (Lipinski definition) is 4. The molecule has 1 heterocycles. The lowest BCUT2D eigenvalue weighted by molar-refractivity contribution is 0.393. The summed E-state index contributed by atoms with van der Waals surface area (Å²) in [5, 5.41) is 0. The van der Waals surface area contributed by atoms with Crippen LogP contribution in [0.3, 0.4) is 0 Å². The average Bonchev–Trinajstić information content (AvgIpc) is 2.77. The van der Waals surface area contributed by atoms with Gasteiger partial charge in [-0.15, -0.1) is 11.3 Å². The van der Waals surface area contributed by atoms with Gasteiger partial charge in [0.05, 0.1) is 20.3 Å². The molecule has 1 aromatic heterocycles. The zero-order valence-electron chi connectivity index (χ0n) is 10.4. The van der Waals surface area contributed by atoms with E-state index in [0.717, 1.165) is 14.9 Å². The molecule has 3 nitrogen and oxygen atoms in total. The minimum Gasteiger partial charge on any atom is -0.497 e. The Kier molecular flexibility index (Phi) is 4.73. The quantitative estimate of drug-likeness (QED) is 0.885. The van der Waals surface area contributed by atoms with Crippen LogP contribution in [0.4, 0.5) is 0 Å². The van der Waals surface area contributed by atoms with Gasteiger partial charge in [0.15, 0.2) is 0 Å². The van der Waals surface area contributed by atoms with Crippen LogP contribution in [0.5, 0.6) is 11.5 Å². The molecular formula is C13H13BrClNO2S. The molecule has 102 valence electrons. The lowest BCUT2D eigenvalue weighted by atomic mass is 10.1. The van der Waals surface area contributed by atoms with Crippen molar-refractivity contribution in [1.29, 1.82) is 0 Å². The van der Waals surface area contributed by atoms with Gasteiger partial charge < -0.3 is 15.2 Å². The molecule has 0 fully saturated rings. The number of benzene rings is 1. The standard InChI is InChI=1S/C13H13BrClNO2S/c1-17-8-3-7(4-9(5-8)18-2)12(16)11-6-10(14)13(15)19-11/h3-6,12H,16H2,1-2H3. The predicted octanol–water partition coefficient (Wildman–Crippen LogP) is 4.23. The fraction of sp³-hybridized carbons (Fsp3) is 0.231. The van der Waals surface area contributed by atoms with E-state index < -0.39 is 0 Å². The van der Waals surface area contributed by atoms with Crippen LogP contribution in [0.2, 0.25) is 4.34 Å². The van der Waals surface area contributed by atoms with Gasteiger partial charge in [0.1, 0.15) is 15.8 Å². The summed E-state index contributed by atoms with van der Waals surface area (Å²) >= 11 is 10.9. The van der Waals surface area contributed by atoms with Crippen molar-refractivity contribution in [2.45, 2.75) is 6.04 Å². The molecule has 6 heteroatoms. The highest BCUT2D eigenvalue weighted by Crippen LogP contribution is 2.37. The van der Waals surface area contributed by atoms with Crippen molar-refractivity contribution in [3.05, 3.63) is 43.5 Å². The van der Waals surface area contributed by atoms with Crippen molar-refractivity contribution in [1.82, 2.24) is 0 Å². The molecule has 0 aliphatic rings. The number of rotatable bonds is 4. The Morgan fingerprint density at radius 1 is 1.16 bits per heavy atom. The van der Waals surface area contributed by atoms with Gasteiger partial charge in [-0.3, -0.25) is 0 Å². The van der Waals surface area contributed by atoms with Crippen LogP contribution < -0.4 is 15.2 Å². The Hall–Kier alpha value is -0.750. The van der Waals surface area contributed by atoms with Gasteiger partial charge in [0.25, 0.3) is 0 Å². The molecule has 1 aromatic carbocycles. The van der Waals surface area contributed by atoms with E-state index in [2.05, 4.69) is 15.9 Å². The van der Waals surface area contributed by atoms with Gasteiger partial charge in [-0.25, -0.2) is 0 Å². The Bertz CT molecular complexity index is 546. The summed E-state index contributed by atoms with van der Waals surface area (Å²) in [6, 6.07) is 7.28. The number of methoxy groups -OCH3 is 2. The third-order valence-electron chi connectivity index (χ3n) is 2.70. The molecule has 0 spiro atoms. The molecule has 0 amide bonds. The minimum absolute atomic E-state index is 0.266. The topological polar surface area (TPSA) is 44.5 Å². The van der Waals surface area contributed by atoms with Crippen LogP contribution >= 0.6 is 38.9 Å². The zero-order valence-corrected chi connectivity index (χ0v) is 13.6. The summed E-state index contributed by atoms with van der Waals surface area (Å²) in [4.78, 5) is 0.979. The summed E-state index contributed by atoms with van der Waals surface area (Å²) in [7, 11) is 3.23. The number of thiophene rings is 1. The molecule has 0 aliphatic heterocycles. The second kappa shape index (κ2) is 6.13. The maximum absolute atomic E-state index is 6.27. The maximum Gasteiger partial charge on any atom is 0.122 e. The van der Waals surface area contributed by atoms with Gasteiger partial charge in [-0.2, -0.15) is 0 Å². The van der Waals surface area contributed by atoms with E-state index in [1.807, 2.05) is 24.3 Å². The number of halogens is 2. The largest absolute Gasteiger partial charge is 0.497 e. The van der Waals surface area contributed by atoms with Crippen molar-refractivity contribution < 1.29 is 9.47 Å². The monoisotopic (exact) mass is 361 g/mol. The molecule has 2 N–H and O–H groups in total. The molecular weight excluding hydrogens is 350 g/mol. The summed E-state index contributed by atoms with van der Waals surface area (Å²) in [5.41, 5.74) is 7.18. The maximum atomic E-state index is 6.27. The van der Waals surface area contributed by atoms with Crippen LogP contribution in [0.15, 0.2) is 28.7 Å². The zero-order chi connectivity index (χ0) is 14.0. The summed E-state index contributed by atoms with van der Waals surface area (Å²) in [6.07, 6.45) is 0. The normalized spacial score (nSPS) is 12.3. The summed E-state index contributed by atoms with van der Waals surface area (Å²) < 4.78 is 12.0. The fourth-order valence-corrected chi connectivity index (χ4v) is 3.46. The number of nitrogens with two attached hydrogens (primary N) is 1. The van der Waals surface area contributed by atoms with Gasteiger partial charge in [0.2, 0.25) is 0 Å². The van der Waals surface area contributed by atoms with Crippen molar-refractivity contribution in [2.75, 3.05) is 14.2 Å². The van der Waals surface area contributed by atoms with Crippen LogP contribution in [0.1, 0.15) is 16.5 Å². The first kappa shape index (κ1) is 14.7. The smallest absolute Gasteiger partial charge is 0.122 e.